The summed E-state index contributed by atoms with van der Waals surface area (Å²) in [6, 6.07) is 10.5. The molecule has 14 heteroatoms. The summed E-state index contributed by atoms with van der Waals surface area (Å²) in [5.41, 5.74) is -1.67. The van der Waals surface area contributed by atoms with Crippen molar-refractivity contribution in [2.24, 2.45) is 0 Å². The lowest BCUT2D eigenvalue weighted by Crippen LogP contribution is -2.63. The number of carbonyl (C=O) groups excluding carboxylic acids is 2. The van der Waals surface area contributed by atoms with Crippen molar-refractivity contribution in [3.63, 3.8) is 0 Å². The highest BCUT2D eigenvalue weighted by Crippen LogP contribution is 2.54. The third-order valence-corrected chi connectivity index (χ3v) is 9.97. The number of amides is 2. The van der Waals surface area contributed by atoms with Crippen molar-refractivity contribution < 1.29 is 36.6 Å². The van der Waals surface area contributed by atoms with Crippen LogP contribution in [0, 0.1) is 0 Å². The predicted octanol–water partition coefficient (Wildman–Crippen LogP) is 3.63. The molecule has 2 aliphatic rings. The SMILES string of the molecule is COc1ccc(S(=O)(=O)N2C(=O)C(c3cccnc3OC)(N3CC[C@H](F)C[C@H]3C(=O)N(C)C)c3cc(Cl)ccc32)c(OC)c1. The Kier molecular flexibility index (Phi) is 8.49. The van der Waals surface area contributed by atoms with Gasteiger partial charge in [0.05, 0.1) is 33.1 Å². The van der Waals surface area contributed by atoms with E-state index in [9.17, 15) is 13.2 Å². The molecule has 3 atom stereocenters. The summed E-state index contributed by atoms with van der Waals surface area (Å²) in [7, 11) is 2.48. The Morgan fingerprint density at radius 1 is 1.07 bits per heavy atom. The molecule has 1 aromatic heterocycles. The van der Waals surface area contributed by atoms with E-state index in [1.165, 1.54) is 82.9 Å². The van der Waals surface area contributed by atoms with Crippen LogP contribution in [0.15, 0.2) is 59.6 Å². The van der Waals surface area contributed by atoms with Crippen LogP contribution in [0.25, 0.3) is 0 Å². The van der Waals surface area contributed by atoms with Crippen LogP contribution in [-0.4, -0.2) is 89.2 Å². The zero-order valence-corrected chi connectivity index (χ0v) is 26.4. The van der Waals surface area contributed by atoms with Crippen molar-refractivity contribution in [1.29, 1.82) is 0 Å². The first-order chi connectivity index (χ1) is 20.9. The molecule has 2 aliphatic heterocycles. The number of hydrogen-bond donors (Lipinski definition) is 0. The maximum Gasteiger partial charge on any atom is 0.274 e. The van der Waals surface area contributed by atoms with Gasteiger partial charge in [-0.2, -0.15) is 0 Å². The van der Waals surface area contributed by atoms with E-state index in [1.54, 1.807) is 17.0 Å². The van der Waals surface area contributed by atoms with Gasteiger partial charge in [-0.25, -0.2) is 22.1 Å². The maximum absolute atomic E-state index is 15.2. The van der Waals surface area contributed by atoms with Crippen LogP contribution in [-0.2, 0) is 25.2 Å². The van der Waals surface area contributed by atoms with Crippen molar-refractivity contribution in [3.8, 4) is 17.4 Å². The lowest BCUT2D eigenvalue weighted by Gasteiger charge is -2.47. The molecule has 44 heavy (non-hydrogen) atoms. The Morgan fingerprint density at radius 2 is 1.82 bits per heavy atom. The van der Waals surface area contributed by atoms with E-state index in [-0.39, 0.29) is 57.7 Å². The molecule has 3 heterocycles. The number of alkyl halides is 1. The van der Waals surface area contributed by atoms with E-state index in [2.05, 4.69) is 4.98 Å². The van der Waals surface area contributed by atoms with Crippen molar-refractivity contribution in [2.45, 2.75) is 35.5 Å². The second-order valence-electron chi connectivity index (χ2n) is 10.6. The average molecular weight is 647 g/mol. The third kappa shape index (κ3) is 4.83. The average Bonchev–Trinajstić information content (AvgIpc) is 3.28. The zero-order chi connectivity index (χ0) is 32.0. The van der Waals surface area contributed by atoms with Gasteiger partial charge in [-0.3, -0.25) is 14.5 Å². The number of halogens is 2. The van der Waals surface area contributed by atoms with Crippen LogP contribution < -0.4 is 18.5 Å². The van der Waals surface area contributed by atoms with E-state index in [1.807, 2.05) is 0 Å². The molecule has 234 valence electrons. The number of pyridine rings is 1. The van der Waals surface area contributed by atoms with Crippen LogP contribution >= 0.6 is 11.6 Å². The molecule has 2 aromatic carbocycles. The molecule has 0 spiro atoms. The van der Waals surface area contributed by atoms with Gasteiger partial charge in [-0.15, -0.1) is 0 Å². The molecule has 2 amide bonds. The first kappa shape index (κ1) is 31.5. The number of likely N-dealkylation sites (tertiary alicyclic amines) is 1. The molecule has 1 saturated heterocycles. The van der Waals surface area contributed by atoms with Gasteiger partial charge in [0.2, 0.25) is 11.8 Å². The normalized spacial score (nSPS) is 22.0. The number of rotatable bonds is 8. The van der Waals surface area contributed by atoms with Gasteiger partial charge in [-0.05, 0) is 48.9 Å². The highest BCUT2D eigenvalue weighted by Gasteiger charge is 2.63. The summed E-state index contributed by atoms with van der Waals surface area (Å²) in [5.74, 6) is -1.08. The van der Waals surface area contributed by atoms with E-state index in [0.717, 1.165) is 0 Å². The summed E-state index contributed by atoms with van der Waals surface area (Å²) < 4.78 is 61.0. The number of methoxy groups -OCH3 is 3. The largest absolute Gasteiger partial charge is 0.497 e. The minimum atomic E-state index is -4.68. The molecule has 1 unspecified atom stereocenters. The number of anilines is 1. The van der Waals surface area contributed by atoms with E-state index >= 15 is 9.18 Å². The number of hydrogen-bond acceptors (Lipinski definition) is 9. The predicted molar refractivity (Wildman–Crippen MR) is 161 cm³/mol. The number of fused-ring (bicyclic) bond motifs is 1. The summed E-state index contributed by atoms with van der Waals surface area (Å²) in [4.78, 5) is 35.8. The second kappa shape index (κ2) is 11.9. The van der Waals surface area contributed by atoms with Gasteiger partial charge < -0.3 is 19.1 Å². The Hall–Kier alpha value is -3.94. The molecular weight excluding hydrogens is 615 g/mol. The summed E-state index contributed by atoms with van der Waals surface area (Å²) in [5, 5.41) is 0.209. The van der Waals surface area contributed by atoms with Crippen molar-refractivity contribution >= 4 is 39.1 Å². The van der Waals surface area contributed by atoms with Gasteiger partial charge in [-0.1, -0.05) is 11.6 Å². The standard InChI is InChI=1S/C30H32ClFN4O7S/c1-34(2)28(37)24-16-19(32)12-14-35(24)30(21-7-6-13-33-27(21)43-5)22-15-18(31)8-10-23(22)36(29(30)38)44(39,40)26-11-9-20(41-3)17-25(26)42-4/h6-11,13,15,17,19,24H,12,14,16H2,1-5H3/t19-,24-,30?/m0/s1. The fourth-order valence-corrected chi connectivity index (χ4v) is 7.82. The number of sulfonamides is 1. The first-order valence-corrected chi connectivity index (χ1v) is 15.5. The number of benzene rings is 2. The Labute approximate surface area is 260 Å². The molecule has 1 fully saturated rings. The minimum absolute atomic E-state index is 0.00148. The molecule has 3 aromatic rings. The van der Waals surface area contributed by atoms with Crippen LogP contribution in [0.5, 0.6) is 17.4 Å². The lowest BCUT2D eigenvalue weighted by atomic mass is 9.79. The number of ether oxygens (including phenoxy) is 3. The van der Waals surface area contributed by atoms with E-state index < -0.39 is 39.6 Å². The van der Waals surface area contributed by atoms with Crippen molar-refractivity contribution in [2.75, 3.05) is 46.3 Å². The van der Waals surface area contributed by atoms with Crippen molar-refractivity contribution in [3.05, 3.63) is 70.9 Å². The molecule has 0 N–H and O–H groups in total. The number of likely N-dealkylation sites (N-methyl/N-ethyl adjacent to an activating group) is 1. The second-order valence-corrected chi connectivity index (χ2v) is 12.8. The Morgan fingerprint density at radius 3 is 2.48 bits per heavy atom. The van der Waals surface area contributed by atoms with Crippen LogP contribution in [0.1, 0.15) is 24.0 Å². The van der Waals surface area contributed by atoms with E-state index in [4.69, 9.17) is 25.8 Å². The monoisotopic (exact) mass is 646 g/mol. The third-order valence-electron chi connectivity index (χ3n) is 8.00. The summed E-state index contributed by atoms with van der Waals surface area (Å²) >= 11 is 6.52. The highest BCUT2D eigenvalue weighted by atomic mass is 35.5. The minimum Gasteiger partial charge on any atom is -0.497 e. The summed E-state index contributed by atoms with van der Waals surface area (Å²) in [6.45, 7) is -0.0686. The molecule has 0 saturated carbocycles. The van der Waals surface area contributed by atoms with Gasteiger partial charge in [0.25, 0.3) is 15.9 Å². The summed E-state index contributed by atoms with van der Waals surface area (Å²) in [6.07, 6.45) is -0.0963. The zero-order valence-electron chi connectivity index (χ0n) is 24.8. The first-order valence-electron chi connectivity index (χ1n) is 13.7. The van der Waals surface area contributed by atoms with Gasteiger partial charge >= 0.3 is 0 Å². The van der Waals surface area contributed by atoms with Crippen LogP contribution in [0.3, 0.4) is 0 Å². The molecule has 5 rings (SSSR count). The lowest BCUT2D eigenvalue weighted by molar-refractivity contribution is -0.144. The number of nitrogens with zero attached hydrogens (tertiary/aromatic N) is 4. The number of piperidine rings is 1. The molecule has 0 radical (unpaired) electrons. The quantitative estimate of drug-likeness (QED) is 0.362. The highest BCUT2D eigenvalue weighted by molar-refractivity contribution is 7.93. The number of carbonyl (C=O) groups is 2. The fraction of sp³-hybridized carbons (Fsp3) is 0.367. The molecule has 11 nitrogen and oxygen atoms in total. The maximum atomic E-state index is 15.2. The van der Waals surface area contributed by atoms with E-state index in [0.29, 0.717) is 10.1 Å². The smallest absolute Gasteiger partial charge is 0.274 e. The Bertz CT molecular complexity index is 1720. The fourth-order valence-electron chi connectivity index (χ4n) is 6.05. The molecular formula is C30H32ClFN4O7S. The van der Waals surface area contributed by atoms with Crippen molar-refractivity contribution in [1.82, 2.24) is 14.8 Å². The number of aromatic nitrogens is 1. The van der Waals surface area contributed by atoms with Gasteiger partial charge in [0, 0.05) is 55.5 Å². The van der Waals surface area contributed by atoms with Crippen LogP contribution in [0.2, 0.25) is 5.02 Å². The topological polar surface area (TPSA) is 119 Å². The van der Waals surface area contributed by atoms with Crippen LogP contribution in [0.4, 0.5) is 10.1 Å². The van der Waals surface area contributed by atoms with Gasteiger partial charge in [0.1, 0.15) is 22.6 Å². The molecule has 0 bridgehead atoms. The Balaban J connectivity index is 1.86. The molecule has 0 aliphatic carbocycles. The van der Waals surface area contributed by atoms with Gasteiger partial charge in [0.15, 0.2) is 5.54 Å².